The number of ether oxygens (including phenoxy) is 3. The largest absolute Gasteiger partial charge is 0.509 e. The molecule has 0 aliphatic heterocycles. The molecule has 5 heteroatoms. The second-order valence-electron chi connectivity index (χ2n) is 6.59. The van der Waals surface area contributed by atoms with Crippen LogP contribution in [0.15, 0.2) is 54.6 Å². The van der Waals surface area contributed by atoms with E-state index in [0.717, 1.165) is 10.8 Å². The highest BCUT2D eigenvalue weighted by Crippen LogP contribution is 2.29. The van der Waals surface area contributed by atoms with Gasteiger partial charge in [0.15, 0.2) is 6.10 Å². The van der Waals surface area contributed by atoms with Crippen LogP contribution in [-0.2, 0) is 19.0 Å². The van der Waals surface area contributed by atoms with Gasteiger partial charge in [0.1, 0.15) is 5.60 Å². The fourth-order valence-corrected chi connectivity index (χ4v) is 2.32. The van der Waals surface area contributed by atoms with Gasteiger partial charge in [-0.05, 0) is 43.2 Å². The number of rotatable bonds is 4. The molecule has 2 aromatic rings. The number of carbonyl (C=O) groups is 2. The molecular formula is C20H22O5. The predicted molar refractivity (Wildman–Crippen MR) is 95.2 cm³/mol. The van der Waals surface area contributed by atoms with E-state index in [4.69, 9.17) is 14.2 Å². The summed E-state index contributed by atoms with van der Waals surface area (Å²) >= 11 is 0. The normalized spacial score (nSPS) is 12.3. The van der Waals surface area contributed by atoms with Crippen molar-refractivity contribution in [3.63, 3.8) is 0 Å². The van der Waals surface area contributed by atoms with Crippen LogP contribution in [0.3, 0.4) is 0 Å². The van der Waals surface area contributed by atoms with E-state index in [9.17, 15) is 9.59 Å². The molecule has 2 rings (SSSR count). The molecule has 0 aliphatic carbocycles. The molecule has 25 heavy (non-hydrogen) atoms. The highest BCUT2D eigenvalue weighted by Gasteiger charge is 2.28. The van der Waals surface area contributed by atoms with Crippen LogP contribution in [0.2, 0.25) is 0 Å². The monoisotopic (exact) mass is 342 g/mol. The summed E-state index contributed by atoms with van der Waals surface area (Å²) in [5.74, 6) is -0.651. The first-order valence-corrected chi connectivity index (χ1v) is 7.86. The van der Waals surface area contributed by atoms with E-state index in [-0.39, 0.29) is 5.57 Å². The zero-order valence-electron chi connectivity index (χ0n) is 14.9. The second-order valence-corrected chi connectivity index (χ2v) is 6.59. The van der Waals surface area contributed by atoms with Crippen LogP contribution in [0.1, 0.15) is 32.4 Å². The van der Waals surface area contributed by atoms with Gasteiger partial charge in [-0.25, -0.2) is 9.59 Å². The van der Waals surface area contributed by atoms with Crippen LogP contribution >= 0.6 is 0 Å². The third-order valence-corrected chi connectivity index (χ3v) is 3.44. The molecular weight excluding hydrogens is 320 g/mol. The fourth-order valence-electron chi connectivity index (χ4n) is 2.32. The van der Waals surface area contributed by atoms with E-state index in [1.165, 1.54) is 7.11 Å². The van der Waals surface area contributed by atoms with E-state index < -0.39 is 23.8 Å². The Hall–Kier alpha value is -2.82. The van der Waals surface area contributed by atoms with Crippen molar-refractivity contribution >= 4 is 22.9 Å². The molecule has 0 aromatic heterocycles. The van der Waals surface area contributed by atoms with Crippen LogP contribution in [0.25, 0.3) is 10.8 Å². The zero-order valence-corrected chi connectivity index (χ0v) is 14.9. The van der Waals surface area contributed by atoms with Crippen LogP contribution in [0.5, 0.6) is 0 Å². The third-order valence-electron chi connectivity index (χ3n) is 3.44. The molecule has 0 radical (unpaired) electrons. The lowest BCUT2D eigenvalue weighted by Gasteiger charge is -2.23. The smallest absolute Gasteiger partial charge is 0.466 e. The highest BCUT2D eigenvalue weighted by molar-refractivity contribution is 5.90. The van der Waals surface area contributed by atoms with Crippen molar-refractivity contribution in [2.24, 2.45) is 0 Å². The van der Waals surface area contributed by atoms with Crippen molar-refractivity contribution in [3.8, 4) is 0 Å². The summed E-state index contributed by atoms with van der Waals surface area (Å²) in [6.07, 6.45) is -1.87. The Morgan fingerprint density at radius 1 is 1.04 bits per heavy atom. The summed E-state index contributed by atoms with van der Waals surface area (Å²) in [6, 6.07) is 13.3. The number of hydrogen-bond acceptors (Lipinski definition) is 5. The highest BCUT2D eigenvalue weighted by atomic mass is 16.7. The lowest BCUT2D eigenvalue weighted by Crippen LogP contribution is -2.27. The molecule has 0 saturated carbocycles. The maximum absolute atomic E-state index is 12.1. The first-order valence-electron chi connectivity index (χ1n) is 7.86. The molecule has 0 amide bonds. The molecule has 0 spiro atoms. The summed E-state index contributed by atoms with van der Waals surface area (Å²) in [4.78, 5) is 24.0. The van der Waals surface area contributed by atoms with E-state index in [1.807, 2.05) is 36.4 Å². The van der Waals surface area contributed by atoms with E-state index in [0.29, 0.717) is 5.56 Å². The number of fused-ring (bicyclic) bond motifs is 1. The summed E-state index contributed by atoms with van der Waals surface area (Å²) in [5.41, 5.74) is -0.0824. The Morgan fingerprint density at radius 2 is 1.68 bits per heavy atom. The molecule has 0 heterocycles. The maximum atomic E-state index is 12.1. The topological polar surface area (TPSA) is 61.8 Å². The average molecular weight is 342 g/mol. The number of methoxy groups -OCH3 is 1. The predicted octanol–water partition coefficient (Wildman–Crippen LogP) is 4.56. The summed E-state index contributed by atoms with van der Waals surface area (Å²) in [7, 11) is 1.25. The SMILES string of the molecule is C=C(C(=O)OC)C(OC(=O)OC(C)(C)C)c1ccc2ccccc2c1. The summed E-state index contributed by atoms with van der Waals surface area (Å²) in [5, 5.41) is 1.99. The lowest BCUT2D eigenvalue weighted by atomic mass is 9.99. The molecule has 0 N–H and O–H groups in total. The minimum atomic E-state index is -0.994. The Kier molecular flexibility index (Phi) is 5.47. The third kappa shape index (κ3) is 4.83. The number of hydrogen-bond donors (Lipinski definition) is 0. The molecule has 2 aromatic carbocycles. The van der Waals surface area contributed by atoms with Gasteiger partial charge in [0.05, 0.1) is 12.7 Å². The first-order chi connectivity index (χ1) is 11.7. The van der Waals surface area contributed by atoms with Gasteiger partial charge in [-0.3, -0.25) is 0 Å². The first kappa shape index (κ1) is 18.5. The minimum absolute atomic E-state index is 0.0173. The minimum Gasteiger partial charge on any atom is -0.466 e. The van der Waals surface area contributed by atoms with Crippen molar-refractivity contribution < 1.29 is 23.8 Å². The van der Waals surface area contributed by atoms with E-state index >= 15 is 0 Å². The Balaban J connectivity index is 2.37. The number of carbonyl (C=O) groups excluding carboxylic acids is 2. The van der Waals surface area contributed by atoms with Crippen molar-refractivity contribution in [3.05, 3.63) is 60.2 Å². The number of esters is 1. The number of benzene rings is 2. The Bertz CT molecular complexity index is 801. The van der Waals surface area contributed by atoms with Crippen molar-refractivity contribution in [2.45, 2.75) is 32.5 Å². The van der Waals surface area contributed by atoms with Crippen LogP contribution in [-0.4, -0.2) is 24.8 Å². The van der Waals surface area contributed by atoms with Crippen LogP contribution in [0.4, 0.5) is 4.79 Å². The lowest BCUT2D eigenvalue weighted by molar-refractivity contribution is -0.137. The van der Waals surface area contributed by atoms with Gasteiger partial charge in [0, 0.05) is 0 Å². The summed E-state index contributed by atoms with van der Waals surface area (Å²) in [6.45, 7) is 8.92. The Morgan fingerprint density at radius 3 is 2.28 bits per heavy atom. The van der Waals surface area contributed by atoms with Gasteiger partial charge in [0.2, 0.25) is 0 Å². The van der Waals surface area contributed by atoms with Crippen LogP contribution in [0, 0.1) is 0 Å². The molecule has 0 aliphatic rings. The molecule has 5 nitrogen and oxygen atoms in total. The fraction of sp³-hybridized carbons (Fsp3) is 0.300. The second kappa shape index (κ2) is 7.38. The van der Waals surface area contributed by atoms with Crippen molar-refractivity contribution in [2.75, 3.05) is 7.11 Å². The quantitative estimate of drug-likeness (QED) is 0.602. The zero-order chi connectivity index (χ0) is 18.6. The standard InChI is InChI=1S/C20H22O5/c1-13(18(21)23-5)17(24-19(22)25-20(2,3)4)16-11-10-14-8-6-7-9-15(14)12-16/h6-12,17H,1H2,2-5H3. The van der Waals surface area contributed by atoms with E-state index in [1.54, 1.807) is 26.8 Å². The van der Waals surface area contributed by atoms with Gasteiger partial charge < -0.3 is 14.2 Å². The van der Waals surface area contributed by atoms with Gasteiger partial charge in [0.25, 0.3) is 0 Å². The molecule has 0 bridgehead atoms. The summed E-state index contributed by atoms with van der Waals surface area (Å²) < 4.78 is 15.3. The molecule has 0 fully saturated rings. The van der Waals surface area contributed by atoms with Gasteiger partial charge >= 0.3 is 12.1 Å². The average Bonchev–Trinajstić information content (AvgIpc) is 2.56. The van der Waals surface area contributed by atoms with Crippen LogP contribution < -0.4 is 0 Å². The Labute approximate surface area is 147 Å². The van der Waals surface area contributed by atoms with Gasteiger partial charge in [-0.1, -0.05) is 43.0 Å². The molecule has 0 saturated heterocycles. The molecule has 1 unspecified atom stereocenters. The molecule has 1 atom stereocenters. The maximum Gasteiger partial charge on any atom is 0.509 e. The van der Waals surface area contributed by atoms with Crippen molar-refractivity contribution in [1.29, 1.82) is 0 Å². The van der Waals surface area contributed by atoms with Crippen molar-refractivity contribution in [1.82, 2.24) is 0 Å². The van der Waals surface area contributed by atoms with E-state index in [2.05, 4.69) is 6.58 Å². The molecule has 132 valence electrons. The van der Waals surface area contributed by atoms with Gasteiger partial charge in [-0.2, -0.15) is 0 Å². The van der Waals surface area contributed by atoms with Gasteiger partial charge in [-0.15, -0.1) is 0 Å².